The van der Waals surface area contributed by atoms with E-state index in [2.05, 4.69) is 27.5 Å². The van der Waals surface area contributed by atoms with Crippen LogP contribution in [0.4, 0.5) is 0 Å². The lowest BCUT2D eigenvalue weighted by molar-refractivity contribution is -0.126. The molecule has 2 heterocycles. The Labute approximate surface area is 178 Å². The molecule has 1 unspecified atom stereocenters. The molecule has 1 aliphatic heterocycles. The second-order valence-corrected chi connectivity index (χ2v) is 10.0. The lowest BCUT2D eigenvalue weighted by Gasteiger charge is -2.31. The molecule has 1 aromatic carbocycles. The fourth-order valence-electron chi connectivity index (χ4n) is 3.81. The van der Waals surface area contributed by atoms with Gasteiger partial charge in [-0.1, -0.05) is 29.4 Å². The number of piperidine rings is 1. The zero-order chi connectivity index (χ0) is 21.9. The number of carbonyl (C=O) groups excluding carboxylic acids is 1. The molecule has 1 fully saturated rings. The Morgan fingerprint density at radius 2 is 1.90 bits per heavy atom. The molecule has 0 aliphatic carbocycles. The Kier molecular flexibility index (Phi) is 6.95. The van der Waals surface area contributed by atoms with Crippen molar-refractivity contribution in [2.24, 2.45) is 5.92 Å². The van der Waals surface area contributed by atoms with Crippen molar-refractivity contribution in [3.63, 3.8) is 0 Å². The first-order valence-corrected chi connectivity index (χ1v) is 11.6. The normalized spacial score (nSPS) is 18.0. The summed E-state index contributed by atoms with van der Waals surface area (Å²) in [6.45, 7) is 5.05. The third-order valence-corrected chi connectivity index (χ3v) is 7.42. The zero-order valence-corrected chi connectivity index (χ0v) is 18.8. The number of aryl methyl sites for hydroxylation is 2. The molecule has 1 aliphatic rings. The van der Waals surface area contributed by atoms with Crippen LogP contribution in [0.2, 0.25) is 0 Å². The zero-order valence-electron chi connectivity index (χ0n) is 18.0. The van der Waals surface area contributed by atoms with Gasteiger partial charge >= 0.3 is 0 Å². The van der Waals surface area contributed by atoms with E-state index in [-0.39, 0.29) is 29.0 Å². The highest BCUT2D eigenvalue weighted by Gasteiger charge is 2.36. The molecule has 0 spiro atoms. The van der Waals surface area contributed by atoms with Crippen molar-refractivity contribution in [1.29, 1.82) is 0 Å². The summed E-state index contributed by atoms with van der Waals surface area (Å²) in [4.78, 5) is 14.9. The monoisotopic (exact) mass is 434 g/mol. The molecule has 1 saturated heterocycles. The van der Waals surface area contributed by atoms with Crippen molar-refractivity contribution >= 4 is 15.9 Å². The van der Waals surface area contributed by atoms with Gasteiger partial charge in [-0.3, -0.25) is 4.79 Å². The molecule has 8 nitrogen and oxygen atoms in total. The van der Waals surface area contributed by atoms with E-state index < -0.39 is 10.0 Å². The minimum atomic E-state index is -3.74. The molecule has 1 N–H and O–H groups in total. The summed E-state index contributed by atoms with van der Waals surface area (Å²) >= 11 is 0. The Morgan fingerprint density at radius 1 is 1.23 bits per heavy atom. The topological polar surface area (TPSA) is 95.8 Å². The molecule has 1 amide bonds. The number of rotatable bonds is 7. The minimum absolute atomic E-state index is 0.112. The predicted molar refractivity (Wildman–Crippen MR) is 113 cm³/mol. The predicted octanol–water partition coefficient (Wildman–Crippen LogP) is 2.07. The first kappa shape index (κ1) is 22.5. The average molecular weight is 435 g/mol. The van der Waals surface area contributed by atoms with E-state index in [4.69, 9.17) is 4.52 Å². The Hall–Kier alpha value is -2.23. The van der Waals surface area contributed by atoms with E-state index in [0.29, 0.717) is 31.6 Å². The highest BCUT2D eigenvalue weighted by molar-refractivity contribution is 7.89. The lowest BCUT2D eigenvalue weighted by Crippen LogP contribution is -2.45. The van der Waals surface area contributed by atoms with Crippen molar-refractivity contribution in [3.8, 4) is 0 Å². The maximum atomic E-state index is 13.0. The van der Waals surface area contributed by atoms with E-state index in [1.807, 2.05) is 26.2 Å². The smallest absolute Gasteiger partial charge is 0.248 e. The molecule has 164 valence electrons. The summed E-state index contributed by atoms with van der Waals surface area (Å²) in [5.41, 5.74) is 2.57. The third-order valence-electron chi connectivity index (χ3n) is 5.31. The number of hydrogen-bond donors (Lipinski definition) is 1. The van der Waals surface area contributed by atoms with Crippen molar-refractivity contribution in [2.75, 3.05) is 27.2 Å². The van der Waals surface area contributed by atoms with Crippen LogP contribution in [0.5, 0.6) is 0 Å². The highest BCUT2D eigenvalue weighted by Crippen LogP contribution is 2.27. The summed E-state index contributed by atoms with van der Waals surface area (Å²) in [6.07, 6.45) is 1.31. The minimum Gasteiger partial charge on any atom is -0.360 e. The van der Waals surface area contributed by atoms with Crippen LogP contribution in [0.1, 0.15) is 35.4 Å². The van der Waals surface area contributed by atoms with Gasteiger partial charge < -0.3 is 14.7 Å². The standard InChI is InChI=1S/C21H30N4O4S/c1-15-20(16(2)29-23-15)30(27,28)25-11-5-6-19(14-25)21(26)22-12-17-7-9-18(10-8-17)13-24(3)4/h7-10,19H,5-6,11-14H2,1-4H3,(H,22,26). The van der Waals surface area contributed by atoms with Gasteiger partial charge in [0.05, 0.1) is 5.92 Å². The molecular formula is C21H30N4O4S. The maximum Gasteiger partial charge on any atom is 0.248 e. The van der Waals surface area contributed by atoms with Gasteiger partial charge in [0.15, 0.2) is 5.76 Å². The van der Waals surface area contributed by atoms with Gasteiger partial charge in [0.25, 0.3) is 0 Å². The Morgan fingerprint density at radius 3 is 2.50 bits per heavy atom. The van der Waals surface area contributed by atoms with Gasteiger partial charge in [-0.2, -0.15) is 4.31 Å². The van der Waals surface area contributed by atoms with Crippen molar-refractivity contribution in [3.05, 3.63) is 46.8 Å². The van der Waals surface area contributed by atoms with Crippen LogP contribution in [-0.4, -0.2) is 55.9 Å². The molecule has 1 aromatic heterocycles. The summed E-state index contributed by atoms with van der Waals surface area (Å²) < 4.78 is 32.5. The molecule has 0 bridgehead atoms. The number of nitrogens with one attached hydrogen (secondary N) is 1. The van der Waals surface area contributed by atoms with Crippen LogP contribution in [-0.2, 0) is 27.9 Å². The van der Waals surface area contributed by atoms with Crippen molar-refractivity contribution < 1.29 is 17.7 Å². The third kappa shape index (κ3) is 5.08. The number of sulfonamides is 1. The molecule has 2 aromatic rings. The fourth-order valence-corrected chi connectivity index (χ4v) is 5.62. The number of carbonyl (C=O) groups is 1. The number of aromatic nitrogens is 1. The van der Waals surface area contributed by atoms with Gasteiger partial charge in [0, 0.05) is 26.2 Å². The van der Waals surface area contributed by atoms with Crippen LogP contribution < -0.4 is 5.32 Å². The second kappa shape index (κ2) is 9.28. The Balaban J connectivity index is 1.60. The number of amides is 1. The first-order valence-electron chi connectivity index (χ1n) is 10.1. The molecule has 3 rings (SSSR count). The highest BCUT2D eigenvalue weighted by atomic mass is 32.2. The summed E-state index contributed by atoms with van der Waals surface area (Å²) in [6, 6.07) is 8.13. The maximum absolute atomic E-state index is 13.0. The second-order valence-electron chi connectivity index (χ2n) is 8.13. The molecule has 0 radical (unpaired) electrons. The fraction of sp³-hybridized carbons (Fsp3) is 0.524. The van der Waals surface area contributed by atoms with E-state index in [1.54, 1.807) is 13.8 Å². The van der Waals surface area contributed by atoms with Gasteiger partial charge in [0.2, 0.25) is 15.9 Å². The van der Waals surface area contributed by atoms with E-state index >= 15 is 0 Å². The van der Waals surface area contributed by atoms with E-state index in [1.165, 1.54) is 9.87 Å². The van der Waals surface area contributed by atoms with Crippen LogP contribution in [0.25, 0.3) is 0 Å². The van der Waals surface area contributed by atoms with Gasteiger partial charge in [-0.15, -0.1) is 0 Å². The SMILES string of the molecule is Cc1noc(C)c1S(=O)(=O)N1CCCC(C(=O)NCc2ccc(CN(C)C)cc2)C1. The molecule has 9 heteroatoms. The van der Waals surface area contributed by atoms with Gasteiger partial charge in [0.1, 0.15) is 10.6 Å². The summed E-state index contributed by atoms with van der Waals surface area (Å²) in [7, 11) is 0.307. The first-order chi connectivity index (χ1) is 14.2. The van der Waals surface area contributed by atoms with Crippen LogP contribution in [0.3, 0.4) is 0 Å². The molecule has 1 atom stereocenters. The molecule has 0 saturated carbocycles. The summed E-state index contributed by atoms with van der Waals surface area (Å²) in [5.74, 6) is -0.218. The van der Waals surface area contributed by atoms with Crippen LogP contribution >= 0.6 is 0 Å². The summed E-state index contributed by atoms with van der Waals surface area (Å²) in [5, 5.41) is 6.71. The Bertz CT molecular complexity index is 963. The number of benzene rings is 1. The number of nitrogens with zero attached hydrogens (tertiary/aromatic N) is 3. The van der Waals surface area contributed by atoms with Crippen molar-refractivity contribution in [1.82, 2.24) is 19.7 Å². The van der Waals surface area contributed by atoms with E-state index in [0.717, 1.165) is 12.1 Å². The van der Waals surface area contributed by atoms with Gasteiger partial charge in [-0.05, 0) is 51.9 Å². The van der Waals surface area contributed by atoms with Crippen molar-refractivity contribution in [2.45, 2.75) is 44.7 Å². The quantitative estimate of drug-likeness (QED) is 0.717. The average Bonchev–Trinajstić information content (AvgIpc) is 3.05. The van der Waals surface area contributed by atoms with E-state index in [9.17, 15) is 13.2 Å². The molecule has 30 heavy (non-hydrogen) atoms. The lowest BCUT2D eigenvalue weighted by atomic mass is 9.98. The largest absolute Gasteiger partial charge is 0.360 e. The van der Waals surface area contributed by atoms with Gasteiger partial charge in [-0.25, -0.2) is 8.42 Å². The number of hydrogen-bond acceptors (Lipinski definition) is 6. The van der Waals surface area contributed by atoms with Crippen LogP contribution in [0.15, 0.2) is 33.7 Å². The van der Waals surface area contributed by atoms with Crippen LogP contribution in [0, 0.1) is 19.8 Å². The molecular weight excluding hydrogens is 404 g/mol.